The van der Waals surface area contributed by atoms with Gasteiger partial charge in [0.2, 0.25) is 0 Å². The Bertz CT molecular complexity index is 1010. The molecule has 0 spiro atoms. The topological polar surface area (TPSA) is 39.3 Å². The van der Waals surface area contributed by atoms with Crippen molar-refractivity contribution < 1.29 is 0 Å². The fourth-order valence-corrected chi connectivity index (χ4v) is 2.76. The Kier molecular flexibility index (Phi) is 2.44. The highest BCUT2D eigenvalue weighted by Gasteiger charge is 2.14. The highest BCUT2D eigenvalue weighted by molar-refractivity contribution is 5.85. The highest BCUT2D eigenvalue weighted by atomic mass is 16.1. The summed E-state index contributed by atoms with van der Waals surface area (Å²) >= 11 is 0. The molecule has 0 aliphatic heterocycles. The van der Waals surface area contributed by atoms with E-state index in [9.17, 15) is 4.79 Å². The lowest BCUT2D eigenvalue weighted by atomic mass is 10.1. The highest BCUT2D eigenvalue weighted by Crippen LogP contribution is 2.24. The third-order valence-electron chi connectivity index (χ3n) is 3.83. The predicted octanol–water partition coefficient (Wildman–Crippen LogP) is 2.85. The van der Waals surface area contributed by atoms with E-state index in [2.05, 4.69) is 5.10 Å². The zero-order valence-electron chi connectivity index (χ0n) is 11.5. The van der Waals surface area contributed by atoms with Crippen LogP contribution in [0.3, 0.4) is 0 Å². The van der Waals surface area contributed by atoms with Crippen molar-refractivity contribution >= 4 is 16.6 Å². The minimum atomic E-state index is -0.0370. The van der Waals surface area contributed by atoms with E-state index < -0.39 is 0 Å². The number of rotatable bonds is 1. The number of aromatic nitrogens is 3. The molecule has 21 heavy (non-hydrogen) atoms. The van der Waals surface area contributed by atoms with Crippen LogP contribution < -0.4 is 5.56 Å². The van der Waals surface area contributed by atoms with Crippen LogP contribution in [-0.2, 0) is 7.05 Å². The molecule has 4 nitrogen and oxygen atoms in total. The molecule has 102 valence electrons. The van der Waals surface area contributed by atoms with E-state index in [0.29, 0.717) is 5.52 Å². The van der Waals surface area contributed by atoms with Crippen LogP contribution in [0.15, 0.2) is 65.6 Å². The van der Waals surface area contributed by atoms with E-state index in [1.54, 1.807) is 22.3 Å². The van der Waals surface area contributed by atoms with Gasteiger partial charge in [0, 0.05) is 12.6 Å². The van der Waals surface area contributed by atoms with Crippen molar-refractivity contribution in [2.45, 2.75) is 0 Å². The van der Waals surface area contributed by atoms with Gasteiger partial charge in [0.15, 0.2) is 0 Å². The van der Waals surface area contributed by atoms with Crippen LogP contribution in [-0.4, -0.2) is 14.2 Å². The molecule has 2 heterocycles. The van der Waals surface area contributed by atoms with Crippen LogP contribution in [0.25, 0.3) is 27.7 Å². The van der Waals surface area contributed by atoms with Gasteiger partial charge in [0.1, 0.15) is 5.52 Å². The second-order valence-corrected chi connectivity index (χ2v) is 5.04. The van der Waals surface area contributed by atoms with E-state index in [4.69, 9.17) is 0 Å². The van der Waals surface area contributed by atoms with Crippen molar-refractivity contribution in [1.29, 1.82) is 0 Å². The van der Waals surface area contributed by atoms with Gasteiger partial charge >= 0.3 is 0 Å². The summed E-state index contributed by atoms with van der Waals surface area (Å²) in [6.07, 6.45) is 1.76. The molecule has 0 bridgehead atoms. The first kappa shape index (κ1) is 11.9. The monoisotopic (exact) mass is 275 g/mol. The first-order valence-corrected chi connectivity index (χ1v) is 6.78. The van der Waals surface area contributed by atoms with Crippen molar-refractivity contribution in [1.82, 2.24) is 14.2 Å². The second-order valence-electron chi connectivity index (χ2n) is 5.04. The summed E-state index contributed by atoms with van der Waals surface area (Å²) in [5, 5.41) is 4.43. The Morgan fingerprint density at radius 3 is 2.33 bits per heavy atom. The summed E-state index contributed by atoms with van der Waals surface area (Å²) in [6, 6.07) is 17.7. The molecule has 0 atom stereocenters. The minimum Gasteiger partial charge on any atom is -0.308 e. The zero-order chi connectivity index (χ0) is 14.4. The number of benzene rings is 2. The molecule has 2 aromatic carbocycles. The maximum absolute atomic E-state index is 12.7. The van der Waals surface area contributed by atoms with E-state index in [1.807, 2.05) is 54.6 Å². The molecule has 0 saturated carbocycles. The molecule has 4 aromatic rings. The molecule has 0 radical (unpaired) electrons. The Morgan fingerprint density at radius 2 is 1.57 bits per heavy atom. The lowest BCUT2D eigenvalue weighted by Gasteiger charge is -2.07. The van der Waals surface area contributed by atoms with E-state index in [-0.39, 0.29) is 5.56 Å². The van der Waals surface area contributed by atoms with E-state index in [0.717, 1.165) is 22.2 Å². The van der Waals surface area contributed by atoms with Gasteiger partial charge in [-0.15, -0.1) is 0 Å². The molecule has 0 amide bonds. The van der Waals surface area contributed by atoms with Crippen LogP contribution in [0.4, 0.5) is 0 Å². The van der Waals surface area contributed by atoms with E-state index in [1.165, 1.54) is 0 Å². The first-order chi connectivity index (χ1) is 10.3. The van der Waals surface area contributed by atoms with Crippen molar-refractivity contribution in [3.8, 4) is 11.1 Å². The molecule has 4 heteroatoms. The third-order valence-corrected chi connectivity index (χ3v) is 3.83. The summed E-state index contributed by atoms with van der Waals surface area (Å²) in [5.41, 5.74) is 4.24. The lowest BCUT2D eigenvalue weighted by Crippen LogP contribution is -2.20. The molecule has 4 rings (SSSR count). The van der Waals surface area contributed by atoms with Gasteiger partial charge in [-0.2, -0.15) is 5.10 Å². The first-order valence-electron chi connectivity index (χ1n) is 6.78. The minimum absolute atomic E-state index is 0.0370. The summed E-state index contributed by atoms with van der Waals surface area (Å²) in [7, 11) is 1.80. The summed E-state index contributed by atoms with van der Waals surface area (Å²) in [4.78, 5) is 12.7. The number of nitrogens with zero attached hydrogens (tertiary/aromatic N) is 3. The van der Waals surface area contributed by atoms with Gasteiger partial charge in [-0.25, -0.2) is 4.52 Å². The van der Waals surface area contributed by atoms with Gasteiger partial charge in [0.25, 0.3) is 5.56 Å². The molecular weight excluding hydrogens is 262 g/mol. The molecule has 2 aromatic heterocycles. The number of hydrogen-bond donors (Lipinski definition) is 0. The maximum atomic E-state index is 12.7. The average Bonchev–Trinajstić information content (AvgIpc) is 2.99. The van der Waals surface area contributed by atoms with Crippen molar-refractivity contribution in [3.63, 3.8) is 0 Å². The molecule has 0 aliphatic carbocycles. The molecular formula is C17H13N3O. The zero-order valence-corrected chi connectivity index (χ0v) is 11.5. The van der Waals surface area contributed by atoms with Crippen LogP contribution in [0.5, 0.6) is 0 Å². The van der Waals surface area contributed by atoms with Crippen LogP contribution >= 0.6 is 0 Å². The van der Waals surface area contributed by atoms with Crippen LogP contribution in [0.2, 0.25) is 0 Å². The second kappa shape index (κ2) is 4.31. The van der Waals surface area contributed by atoms with Gasteiger partial charge < -0.3 is 4.57 Å². The van der Waals surface area contributed by atoms with Gasteiger partial charge in [-0.1, -0.05) is 42.5 Å². The van der Waals surface area contributed by atoms with Gasteiger partial charge in [0.05, 0.1) is 17.2 Å². The number of aryl methyl sites for hydroxylation is 1. The summed E-state index contributed by atoms with van der Waals surface area (Å²) < 4.78 is 3.42. The standard InChI is InChI=1S/C17H13N3O/c1-19-14-9-5-6-10-15(14)20-16(17(19)21)13(11-18-20)12-7-3-2-4-8-12/h2-11H,1H3. The molecule has 0 saturated heterocycles. The summed E-state index contributed by atoms with van der Waals surface area (Å²) in [5.74, 6) is 0. The Labute approximate surface area is 120 Å². The molecule has 0 unspecified atom stereocenters. The largest absolute Gasteiger partial charge is 0.308 e. The Morgan fingerprint density at radius 1 is 0.905 bits per heavy atom. The number of hydrogen-bond acceptors (Lipinski definition) is 2. The normalized spacial score (nSPS) is 11.3. The predicted molar refractivity (Wildman–Crippen MR) is 83.4 cm³/mol. The number of para-hydroxylation sites is 2. The SMILES string of the molecule is Cn1c(=O)c2c(-c3ccccc3)cnn2c2ccccc21. The average molecular weight is 275 g/mol. The van der Waals surface area contributed by atoms with Crippen molar-refractivity contribution in [3.05, 3.63) is 71.1 Å². The Hall–Kier alpha value is -2.88. The smallest absolute Gasteiger partial charge is 0.277 e. The molecule has 0 fully saturated rings. The van der Waals surface area contributed by atoms with Crippen LogP contribution in [0, 0.1) is 0 Å². The van der Waals surface area contributed by atoms with Crippen molar-refractivity contribution in [2.75, 3.05) is 0 Å². The quantitative estimate of drug-likeness (QED) is 0.536. The molecule has 0 N–H and O–H groups in total. The van der Waals surface area contributed by atoms with Gasteiger partial charge in [-0.05, 0) is 17.7 Å². The fourth-order valence-electron chi connectivity index (χ4n) is 2.76. The third kappa shape index (κ3) is 1.62. The van der Waals surface area contributed by atoms with Crippen LogP contribution in [0.1, 0.15) is 0 Å². The number of fused-ring (bicyclic) bond motifs is 3. The Balaban J connectivity index is 2.21. The van der Waals surface area contributed by atoms with E-state index >= 15 is 0 Å². The lowest BCUT2D eigenvalue weighted by molar-refractivity contribution is 0.878. The fraction of sp³-hybridized carbons (Fsp3) is 0.0588. The maximum Gasteiger partial charge on any atom is 0.277 e. The summed E-state index contributed by atoms with van der Waals surface area (Å²) in [6.45, 7) is 0. The van der Waals surface area contributed by atoms with Crippen molar-refractivity contribution in [2.24, 2.45) is 7.05 Å². The molecule has 0 aliphatic rings. The van der Waals surface area contributed by atoms with Gasteiger partial charge in [-0.3, -0.25) is 4.79 Å².